The van der Waals surface area contributed by atoms with Crippen LogP contribution in [0.2, 0.25) is 0 Å². The Morgan fingerprint density at radius 1 is 1.14 bits per heavy atom. The van der Waals surface area contributed by atoms with Crippen molar-refractivity contribution in [3.05, 3.63) is 45.8 Å². The summed E-state index contributed by atoms with van der Waals surface area (Å²) in [4.78, 5) is 29.1. The number of esters is 1. The number of amides is 1. The number of nitrogens with zero attached hydrogens (tertiary/aromatic N) is 2. The lowest BCUT2D eigenvalue weighted by molar-refractivity contribution is 0.0600. The van der Waals surface area contributed by atoms with Crippen LogP contribution in [0.15, 0.2) is 29.2 Å². The molecule has 0 saturated carbocycles. The topological polar surface area (TPSA) is 96.0 Å². The highest BCUT2D eigenvalue weighted by Gasteiger charge is 2.32. The van der Waals surface area contributed by atoms with E-state index in [2.05, 4.69) is 31.0 Å². The Morgan fingerprint density at radius 2 is 1.80 bits per heavy atom. The van der Waals surface area contributed by atoms with Crippen LogP contribution in [0.1, 0.15) is 58.3 Å². The van der Waals surface area contributed by atoms with Crippen LogP contribution in [0, 0.1) is 11.8 Å². The third-order valence-electron chi connectivity index (χ3n) is 6.79. The molecule has 2 aliphatic heterocycles. The predicted octanol–water partition coefficient (Wildman–Crippen LogP) is 3.83. The summed E-state index contributed by atoms with van der Waals surface area (Å²) >= 11 is 1.40. The zero-order chi connectivity index (χ0) is 25.3. The van der Waals surface area contributed by atoms with Crippen molar-refractivity contribution in [2.45, 2.75) is 45.1 Å². The molecule has 0 bridgehead atoms. The molecule has 2 aromatic rings. The van der Waals surface area contributed by atoms with Crippen LogP contribution in [-0.4, -0.2) is 62.8 Å². The van der Waals surface area contributed by atoms with Gasteiger partial charge in [0, 0.05) is 36.6 Å². The largest absolute Gasteiger partial charge is 0.465 e. The van der Waals surface area contributed by atoms with Crippen molar-refractivity contribution in [1.29, 1.82) is 0 Å². The fraction of sp³-hybridized carbons (Fsp3) is 0.520. The Balaban J connectivity index is 1.54. The van der Waals surface area contributed by atoms with E-state index in [1.165, 1.54) is 42.7 Å². The van der Waals surface area contributed by atoms with Gasteiger partial charge in [0.25, 0.3) is 5.91 Å². The number of nitrogens with one attached hydrogen (secondary N) is 1. The van der Waals surface area contributed by atoms with Crippen molar-refractivity contribution in [1.82, 2.24) is 9.21 Å². The second kappa shape index (κ2) is 10.4. The first-order valence-electron chi connectivity index (χ1n) is 12.0. The quantitative estimate of drug-likeness (QED) is 0.583. The summed E-state index contributed by atoms with van der Waals surface area (Å²) in [6.45, 7) is 9.73. The zero-order valence-corrected chi connectivity index (χ0v) is 22.3. The maximum Gasteiger partial charge on any atom is 0.341 e. The van der Waals surface area contributed by atoms with Crippen LogP contribution in [-0.2, 0) is 27.7 Å². The van der Waals surface area contributed by atoms with E-state index in [-0.39, 0.29) is 4.90 Å². The third kappa shape index (κ3) is 5.30. The summed E-state index contributed by atoms with van der Waals surface area (Å²) in [5.74, 6) is -0.244. The van der Waals surface area contributed by atoms with Gasteiger partial charge in [0.15, 0.2) is 0 Å². The molecule has 0 aliphatic carbocycles. The van der Waals surface area contributed by atoms with Crippen LogP contribution < -0.4 is 5.32 Å². The smallest absolute Gasteiger partial charge is 0.341 e. The minimum Gasteiger partial charge on any atom is -0.465 e. The first-order chi connectivity index (χ1) is 16.6. The Labute approximate surface area is 211 Å². The van der Waals surface area contributed by atoms with E-state index in [0.29, 0.717) is 41.1 Å². The summed E-state index contributed by atoms with van der Waals surface area (Å²) in [6.07, 6.45) is 1.74. The van der Waals surface area contributed by atoms with Gasteiger partial charge in [0.2, 0.25) is 10.0 Å². The number of benzene rings is 1. The van der Waals surface area contributed by atoms with Crippen LogP contribution in [0.3, 0.4) is 0 Å². The van der Waals surface area contributed by atoms with Crippen molar-refractivity contribution in [3.63, 3.8) is 0 Å². The standard InChI is InChI=1S/C25H33N3O5S2/c1-5-27-11-10-20-21(15-27)34-24(22(20)25(30)33-4)26-23(29)18-6-8-19(9-7-18)35(31,32)28-13-16(2)12-17(3)14-28/h6-9,16-17H,5,10-15H2,1-4H3,(H,26,29)/t16-,17-/m0/s1. The predicted molar refractivity (Wildman–Crippen MR) is 136 cm³/mol. The number of fused-ring (bicyclic) bond motifs is 1. The highest BCUT2D eigenvalue weighted by atomic mass is 32.2. The number of hydrogen-bond acceptors (Lipinski definition) is 7. The molecule has 190 valence electrons. The maximum absolute atomic E-state index is 13.1. The Bertz CT molecular complexity index is 1200. The van der Waals surface area contributed by atoms with Gasteiger partial charge in [-0.1, -0.05) is 20.8 Å². The fourth-order valence-electron chi connectivity index (χ4n) is 5.04. The number of methoxy groups -OCH3 is 1. The van der Waals surface area contributed by atoms with Gasteiger partial charge >= 0.3 is 5.97 Å². The second-order valence-corrected chi connectivity index (χ2v) is 12.6. The maximum atomic E-state index is 13.1. The van der Waals surface area contributed by atoms with E-state index in [9.17, 15) is 18.0 Å². The minimum absolute atomic E-state index is 0.178. The molecule has 10 heteroatoms. The van der Waals surface area contributed by atoms with Crippen LogP contribution in [0.4, 0.5) is 5.00 Å². The zero-order valence-electron chi connectivity index (χ0n) is 20.7. The third-order valence-corrected chi connectivity index (χ3v) is 9.77. The van der Waals surface area contributed by atoms with Crippen molar-refractivity contribution >= 4 is 38.2 Å². The van der Waals surface area contributed by atoms with Gasteiger partial charge in [-0.25, -0.2) is 13.2 Å². The lowest BCUT2D eigenvalue weighted by Crippen LogP contribution is -2.42. The number of sulfonamides is 1. The molecule has 4 rings (SSSR count). The van der Waals surface area contributed by atoms with Gasteiger partial charge in [-0.3, -0.25) is 9.69 Å². The molecule has 1 N–H and O–H groups in total. The monoisotopic (exact) mass is 519 g/mol. The molecular weight excluding hydrogens is 486 g/mol. The molecule has 1 fully saturated rings. The first kappa shape index (κ1) is 25.8. The van der Waals surface area contributed by atoms with Gasteiger partial charge in [-0.15, -0.1) is 11.3 Å². The Morgan fingerprint density at radius 3 is 2.40 bits per heavy atom. The number of piperidine rings is 1. The molecule has 0 unspecified atom stereocenters. The van der Waals surface area contributed by atoms with Crippen molar-refractivity contribution < 1.29 is 22.7 Å². The molecule has 1 aromatic carbocycles. The summed E-state index contributed by atoms with van der Waals surface area (Å²) < 4.78 is 32.8. The highest BCUT2D eigenvalue weighted by molar-refractivity contribution is 7.89. The summed E-state index contributed by atoms with van der Waals surface area (Å²) in [5, 5.41) is 3.34. The minimum atomic E-state index is -3.62. The molecule has 1 aromatic heterocycles. The van der Waals surface area contributed by atoms with Crippen LogP contribution >= 0.6 is 11.3 Å². The molecule has 1 amide bonds. The lowest BCUT2D eigenvalue weighted by atomic mass is 9.94. The molecule has 2 aliphatic rings. The van der Waals surface area contributed by atoms with E-state index in [4.69, 9.17) is 4.74 Å². The number of hydrogen-bond donors (Lipinski definition) is 1. The fourth-order valence-corrected chi connectivity index (χ4v) is 7.99. The average Bonchev–Trinajstić information content (AvgIpc) is 3.19. The Hall–Kier alpha value is -2.27. The van der Waals surface area contributed by atoms with Crippen LogP contribution in [0.5, 0.6) is 0 Å². The van der Waals surface area contributed by atoms with E-state index >= 15 is 0 Å². The summed E-state index contributed by atoms with van der Waals surface area (Å²) in [6, 6.07) is 5.99. The number of carbonyl (C=O) groups is 2. The number of likely N-dealkylation sites (N-methyl/N-ethyl adjacent to an activating group) is 1. The SMILES string of the molecule is CCN1CCc2c(sc(NC(=O)c3ccc(S(=O)(=O)N4C[C@@H](C)C[C@H](C)C4)cc3)c2C(=O)OC)C1. The molecule has 1 saturated heterocycles. The van der Waals surface area contributed by atoms with E-state index in [0.717, 1.165) is 42.9 Å². The van der Waals surface area contributed by atoms with Crippen molar-refractivity contribution in [3.8, 4) is 0 Å². The number of rotatable bonds is 6. The average molecular weight is 520 g/mol. The highest BCUT2D eigenvalue weighted by Crippen LogP contribution is 2.38. The van der Waals surface area contributed by atoms with E-state index < -0.39 is 21.9 Å². The summed E-state index contributed by atoms with van der Waals surface area (Å²) in [5.41, 5.74) is 1.68. The molecule has 8 nitrogen and oxygen atoms in total. The van der Waals surface area contributed by atoms with Gasteiger partial charge in [-0.2, -0.15) is 4.31 Å². The summed E-state index contributed by atoms with van der Waals surface area (Å²) in [7, 11) is -2.29. The molecule has 35 heavy (non-hydrogen) atoms. The van der Waals surface area contributed by atoms with Gasteiger partial charge in [0.05, 0.1) is 17.6 Å². The number of thiophene rings is 1. The van der Waals surface area contributed by atoms with Gasteiger partial charge < -0.3 is 10.1 Å². The Kier molecular flexibility index (Phi) is 7.65. The number of carbonyl (C=O) groups excluding carboxylic acids is 2. The van der Waals surface area contributed by atoms with E-state index in [1.54, 1.807) is 4.31 Å². The molecule has 2 atom stereocenters. The lowest BCUT2D eigenvalue weighted by Gasteiger charge is -2.34. The second-order valence-electron chi connectivity index (χ2n) is 9.56. The molecule has 3 heterocycles. The normalized spacial score (nSPS) is 21.4. The van der Waals surface area contributed by atoms with E-state index in [1.807, 2.05) is 0 Å². The molecule has 0 spiro atoms. The number of anilines is 1. The molecule has 0 radical (unpaired) electrons. The number of ether oxygens (including phenoxy) is 1. The first-order valence-corrected chi connectivity index (χ1v) is 14.3. The van der Waals surface area contributed by atoms with Crippen molar-refractivity contribution in [2.24, 2.45) is 11.8 Å². The van der Waals surface area contributed by atoms with Gasteiger partial charge in [0.1, 0.15) is 5.00 Å². The van der Waals surface area contributed by atoms with Crippen LogP contribution in [0.25, 0.3) is 0 Å². The molecular formula is C25H33N3O5S2. The van der Waals surface area contributed by atoms with Gasteiger partial charge in [-0.05, 0) is 61.1 Å². The van der Waals surface area contributed by atoms with Crippen molar-refractivity contribution in [2.75, 3.05) is 38.6 Å².